The number of carbonyl (C=O) groups excluding carboxylic acids is 1. The third-order valence-electron chi connectivity index (χ3n) is 5.30. The van der Waals surface area contributed by atoms with Crippen LogP contribution in [0.15, 0.2) is 50.9 Å². The number of rotatable bonds is 2. The number of nitrogens with zero attached hydrogens (tertiary/aromatic N) is 1. The van der Waals surface area contributed by atoms with E-state index < -0.39 is 0 Å². The first-order valence-corrected chi connectivity index (χ1v) is 8.48. The largest absolute Gasteiger partial charge is 0.499 e. The molecule has 4 rings (SSSR count). The van der Waals surface area contributed by atoms with Crippen molar-refractivity contribution >= 4 is 12.1 Å². The Morgan fingerprint density at radius 3 is 3.04 bits per heavy atom. The van der Waals surface area contributed by atoms with Gasteiger partial charge in [0.05, 0.1) is 7.11 Å². The van der Waals surface area contributed by atoms with Gasteiger partial charge in [0.1, 0.15) is 11.5 Å². The lowest BCUT2D eigenvalue weighted by atomic mass is 9.76. The average Bonchev–Trinajstić information content (AvgIpc) is 2.60. The molecule has 0 bridgehead atoms. The third-order valence-corrected chi connectivity index (χ3v) is 5.30. The SMILES string of the molecule is COC1=C2N=CCCC2=C(C2C=CC3=C(CCNC3=O)C2)CC1. The lowest BCUT2D eigenvalue weighted by Gasteiger charge is -2.32. The molecule has 0 aromatic carbocycles. The van der Waals surface area contributed by atoms with Gasteiger partial charge in [-0.15, -0.1) is 0 Å². The number of nitrogens with one attached hydrogen (secondary N) is 1. The van der Waals surface area contributed by atoms with Crippen LogP contribution < -0.4 is 5.32 Å². The average molecular weight is 310 g/mol. The molecule has 4 heteroatoms. The fourth-order valence-electron chi connectivity index (χ4n) is 4.15. The number of methoxy groups -OCH3 is 1. The molecule has 0 aromatic heterocycles. The highest BCUT2D eigenvalue weighted by Crippen LogP contribution is 2.43. The summed E-state index contributed by atoms with van der Waals surface area (Å²) in [6, 6.07) is 0. The molecular formula is C19H22N2O2. The van der Waals surface area contributed by atoms with Crippen LogP contribution in [0.3, 0.4) is 0 Å². The number of aliphatic imine (C=N–C) groups is 1. The number of allylic oxidation sites excluding steroid dienone is 4. The number of hydrogen-bond donors (Lipinski definition) is 1. The van der Waals surface area contributed by atoms with Crippen LogP contribution >= 0.6 is 0 Å². The summed E-state index contributed by atoms with van der Waals surface area (Å²) in [4.78, 5) is 16.6. The Labute approximate surface area is 136 Å². The molecule has 2 aliphatic carbocycles. The number of fused-ring (bicyclic) bond motifs is 1. The molecule has 4 nitrogen and oxygen atoms in total. The van der Waals surface area contributed by atoms with E-state index in [1.54, 1.807) is 7.11 Å². The highest BCUT2D eigenvalue weighted by molar-refractivity contribution is 5.98. The molecule has 1 unspecified atom stereocenters. The van der Waals surface area contributed by atoms with Crippen molar-refractivity contribution in [1.82, 2.24) is 5.32 Å². The van der Waals surface area contributed by atoms with Crippen LogP contribution in [0, 0.1) is 5.92 Å². The van der Waals surface area contributed by atoms with Crippen LogP contribution in [-0.2, 0) is 9.53 Å². The zero-order chi connectivity index (χ0) is 15.8. The van der Waals surface area contributed by atoms with Gasteiger partial charge in [0, 0.05) is 30.7 Å². The van der Waals surface area contributed by atoms with Gasteiger partial charge < -0.3 is 10.1 Å². The number of amides is 1. The van der Waals surface area contributed by atoms with Gasteiger partial charge in [0.25, 0.3) is 5.91 Å². The van der Waals surface area contributed by atoms with Crippen LogP contribution in [0.2, 0.25) is 0 Å². The van der Waals surface area contributed by atoms with Gasteiger partial charge in [-0.2, -0.15) is 0 Å². The molecule has 0 spiro atoms. The Kier molecular flexibility index (Phi) is 3.68. The molecule has 120 valence electrons. The maximum Gasteiger partial charge on any atom is 0.251 e. The second kappa shape index (κ2) is 5.84. The molecule has 0 radical (unpaired) electrons. The van der Waals surface area contributed by atoms with Crippen molar-refractivity contribution < 1.29 is 9.53 Å². The summed E-state index contributed by atoms with van der Waals surface area (Å²) < 4.78 is 5.55. The monoisotopic (exact) mass is 310 g/mol. The van der Waals surface area contributed by atoms with Crippen LogP contribution in [0.1, 0.15) is 38.5 Å². The van der Waals surface area contributed by atoms with Crippen molar-refractivity contribution in [3.63, 3.8) is 0 Å². The van der Waals surface area contributed by atoms with Crippen molar-refractivity contribution in [2.24, 2.45) is 10.9 Å². The molecule has 2 heterocycles. The van der Waals surface area contributed by atoms with Crippen molar-refractivity contribution in [2.45, 2.75) is 38.5 Å². The Hall–Kier alpha value is -2.10. The van der Waals surface area contributed by atoms with Crippen LogP contribution in [0.5, 0.6) is 0 Å². The quantitative estimate of drug-likeness (QED) is 0.851. The fraction of sp³-hybridized carbons (Fsp3) is 0.474. The van der Waals surface area contributed by atoms with Gasteiger partial charge in [-0.05, 0) is 37.7 Å². The fourth-order valence-corrected chi connectivity index (χ4v) is 4.15. The lowest BCUT2D eigenvalue weighted by Crippen LogP contribution is -2.33. The number of hydrogen-bond acceptors (Lipinski definition) is 3. The Morgan fingerprint density at radius 2 is 2.17 bits per heavy atom. The van der Waals surface area contributed by atoms with E-state index in [1.807, 2.05) is 12.3 Å². The summed E-state index contributed by atoms with van der Waals surface area (Å²) in [5.74, 6) is 1.53. The topological polar surface area (TPSA) is 50.7 Å². The standard InChI is InChI=1S/C19H22N2O2/c1-23-17-7-6-14(16-3-2-9-20-18(16)17)12-4-5-15-13(11-12)8-10-21-19(15)22/h4-5,9,12H,2-3,6-8,10-11H2,1H3,(H,21,22). The van der Waals surface area contributed by atoms with E-state index >= 15 is 0 Å². The summed E-state index contributed by atoms with van der Waals surface area (Å²) in [6.45, 7) is 0.771. The first kappa shape index (κ1) is 14.5. The van der Waals surface area contributed by atoms with Crippen molar-refractivity contribution in [3.8, 4) is 0 Å². The predicted molar refractivity (Wildman–Crippen MR) is 89.9 cm³/mol. The second-order valence-electron chi connectivity index (χ2n) is 6.52. The summed E-state index contributed by atoms with van der Waals surface area (Å²) in [5, 5.41) is 2.93. The van der Waals surface area contributed by atoms with E-state index in [-0.39, 0.29) is 5.91 Å². The van der Waals surface area contributed by atoms with Gasteiger partial charge in [0.15, 0.2) is 0 Å². The van der Waals surface area contributed by atoms with Gasteiger partial charge >= 0.3 is 0 Å². The van der Waals surface area contributed by atoms with E-state index in [1.165, 1.54) is 16.7 Å². The Bertz CT molecular complexity index is 707. The van der Waals surface area contributed by atoms with Gasteiger partial charge in [-0.25, -0.2) is 0 Å². The Morgan fingerprint density at radius 1 is 1.26 bits per heavy atom. The molecule has 0 saturated heterocycles. The molecule has 0 fully saturated rings. The van der Waals surface area contributed by atoms with E-state index in [0.29, 0.717) is 5.92 Å². The van der Waals surface area contributed by atoms with E-state index in [4.69, 9.17) is 4.74 Å². The molecule has 23 heavy (non-hydrogen) atoms. The molecule has 0 aromatic rings. The zero-order valence-corrected chi connectivity index (χ0v) is 13.5. The van der Waals surface area contributed by atoms with Crippen molar-refractivity contribution in [2.75, 3.05) is 13.7 Å². The normalized spacial score (nSPS) is 27.0. The molecular weight excluding hydrogens is 288 g/mol. The maximum atomic E-state index is 11.9. The van der Waals surface area contributed by atoms with Crippen molar-refractivity contribution in [1.29, 1.82) is 0 Å². The lowest BCUT2D eigenvalue weighted by molar-refractivity contribution is -0.117. The predicted octanol–water partition coefficient (Wildman–Crippen LogP) is 3.19. The molecule has 0 saturated carbocycles. The minimum absolute atomic E-state index is 0.0896. The van der Waals surface area contributed by atoms with E-state index in [0.717, 1.165) is 62.1 Å². The van der Waals surface area contributed by atoms with Crippen LogP contribution in [0.4, 0.5) is 0 Å². The maximum absolute atomic E-state index is 11.9. The molecule has 2 aliphatic heterocycles. The van der Waals surface area contributed by atoms with Crippen LogP contribution in [-0.4, -0.2) is 25.8 Å². The minimum atomic E-state index is 0.0896. The first-order valence-electron chi connectivity index (χ1n) is 8.48. The molecule has 1 amide bonds. The first-order chi connectivity index (χ1) is 11.3. The molecule has 1 atom stereocenters. The summed E-state index contributed by atoms with van der Waals surface area (Å²) >= 11 is 0. The number of ether oxygens (including phenoxy) is 1. The summed E-state index contributed by atoms with van der Waals surface area (Å²) in [7, 11) is 1.74. The highest BCUT2D eigenvalue weighted by Gasteiger charge is 2.30. The summed E-state index contributed by atoms with van der Waals surface area (Å²) in [5.41, 5.74) is 6.16. The third kappa shape index (κ3) is 2.46. The van der Waals surface area contributed by atoms with Gasteiger partial charge in [-0.3, -0.25) is 9.79 Å². The summed E-state index contributed by atoms with van der Waals surface area (Å²) in [6.07, 6.45) is 12.3. The second-order valence-corrected chi connectivity index (χ2v) is 6.52. The van der Waals surface area contributed by atoms with Gasteiger partial charge in [0.2, 0.25) is 0 Å². The molecule has 4 aliphatic rings. The smallest absolute Gasteiger partial charge is 0.251 e. The van der Waals surface area contributed by atoms with E-state index in [2.05, 4.69) is 16.4 Å². The highest BCUT2D eigenvalue weighted by atomic mass is 16.5. The minimum Gasteiger partial charge on any atom is -0.499 e. The van der Waals surface area contributed by atoms with Crippen molar-refractivity contribution in [3.05, 3.63) is 45.9 Å². The van der Waals surface area contributed by atoms with Gasteiger partial charge in [-0.1, -0.05) is 23.3 Å². The Balaban J connectivity index is 1.68. The van der Waals surface area contributed by atoms with Crippen LogP contribution in [0.25, 0.3) is 0 Å². The zero-order valence-electron chi connectivity index (χ0n) is 13.5. The molecule has 1 N–H and O–H groups in total. The van der Waals surface area contributed by atoms with E-state index in [9.17, 15) is 4.79 Å². The number of carbonyl (C=O) groups is 1.